The lowest BCUT2D eigenvalue weighted by Gasteiger charge is -2.10. The van der Waals surface area contributed by atoms with Crippen molar-refractivity contribution >= 4 is 27.7 Å². The molecule has 1 rings (SSSR count). The van der Waals surface area contributed by atoms with Gasteiger partial charge in [-0.05, 0) is 30.5 Å². The van der Waals surface area contributed by atoms with Gasteiger partial charge in [0.15, 0.2) is 0 Å². The van der Waals surface area contributed by atoms with E-state index in [4.69, 9.17) is 0 Å². The van der Waals surface area contributed by atoms with Crippen LogP contribution >= 0.6 is 27.7 Å². The number of aliphatic hydroxyl groups excluding tert-OH is 1. The fraction of sp³-hybridized carbons (Fsp3) is 0.500. The molecule has 0 bridgehead atoms. The minimum absolute atomic E-state index is 0.413. The smallest absolute Gasteiger partial charge is 0.0772 e. The summed E-state index contributed by atoms with van der Waals surface area (Å²) in [7, 11) is 0. The molecule has 15 heavy (non-hydrogen) atoms. The molecule has 1 N–H and O–H groups in total. The van der Waals surface area contributed by atoms with E-state index in [1.54, 1.807) is 6.92 Å². The first-order valence-corrected chi connectivity index (χ1v) is 6.89. The lowest BCUT2D eigenvalue weighted by atomic mass is 10.1. The zero-order valence-corrected chi connectivity index (χ0v) is 11.7. The maximum atomic E-state index is 9.48. The van der Waals surface area contributed by atoms with E-state index < -0.39 is 6.10 Å². The molecule has 1 aromatic carbocycles. The number of aliphatic hydroxyl groups is 1. The van der Waals surface area contributed by atoms with E-state index in [-0.39, 0.29) is 0 Å². The number of hydrogen-bond acceptors (Lipinski definition) is 2. The molecule has 0 aliphatic carbocycles. The molecule has 0 aromatic heterocycles. The summed E-state index contributed by atoms with van der Waals surface area (Å²) in [6, 6.07) is 6.13. The standard InChI is InChI=1S/C12H17BrOS/c1-8(2)7-15-10-4-5-11(9(3)14)12(13)6-10/h4-6,8-9,14H,7H2,1-3H3/t9-/m0/s1. The molecule has 0 fully saturated rings. The minimum Gasteiger partial charge on any atom is -0.389 e. The second-order valence-corrected chi connectivity index (χ2v) is 6.01. The Kier molecular flexibility index (Phi) is 5.16. The van der Waals surface area contributed by atoms with E-state index in [9.17, 15) is 5.11 Å². The largest absolute Gasteiger partial charge is 0.389 e. The zero-order valence-electron chi connectivity index (χ0n) is 9.33. The molecule has 84 valence electrons. The molecule has 0 heterocycles. The first-order chi connectivity index (χ1) is 7.00. The van der Waals surface area contributed by atoms with Crippen molar-refractivity contribution in [1.29, 1.82) is 0 Å². The summed E-state index contributed by atoms with van der Waals surface area (Å²) in [6.45, 7) is 6.21. The Labute approximate surface area is 104 Å². The van der Waals surface area contributed by atoms with E-state index in [1.807, 2.05) is 17.8 Å². The number of halogens is 1. The lowest BCUT2D eigenvalue weighted by Crippen LogP contribution is -1.94. The summed E-state index contributed by atoms with van der Waals surface area (Å²) in [5.41, 5.74) is 0.948. The fourth-order valence-electron chi connectivity index (χ4n) is 1.20. The molecule has 0 saturated heterocycles. The van der Waals surface area contributed by atoms with Crippen LogP contribution in [0.5, 0.6) is 0 Å². The van der Waals surface area contributed by atoms with E-state index in [2.05, 4.69) is 41.9 Å². The molecule has 1 nitrogen and oxygen atoms in total. The van der Waals surface area contributed by atoms with Gasteiger partial charge in [0.05, 0.1) is 6.10 Å². The SMILES string of the molecule is CC(C)CSc1ccc([C@H](C)O)c(Br)c1. The molecule has 3 heteroatoms. The van der Waals surface area contributed by atoms with Crippen LogP contribution in [0, 0.1) is 5.92 Å². The van der Waals surface area contributed by atoms with Crippen LogP contribution in [0.2, 0.25) is 0 Å². The van der Waals surface area contributed by atoms with Crippen LogP contribution in [0.3, 0.4) is 0 Å². The summed E-state index contributed by atoms with van der Waals surface area (Å²) < 4.78 is 0.992. The molecular formula is C12H17BrOS. The molecule has 0 saturated carbocycles. The van der Waals surface area contributed by atoms with Gasteiger partial charge in [-0.1, -0.05) is 35.8 Å². The normalized spacial score (nSPS) is 13.2. The van der Waals surface area contributed by atoms with E-state index in [0.717, 1.165) is 15.8 Å². The highest BCUT2D eigenvalue weighted by molar-refractivity contribution is 9.10. The predicted octanol–water partition coefficient (Wildman–Crippen LogP) is 4.25. The van der Waals surface area contributed by atoms with Gasteiger partial charge in [0.2, 0.25) is 0 Å². The van der Waals surface area contributed by atoms with E-state index in [1.165, 1.54) is 4.90 Å². The summed E-state index contributed by atoms with van der Waals surface area (Å²) >= 11 is 5.33. The van der Waals surface area contributed by atoms with Crippen molar-refractivity contribution in [2.24, 2.45) is 5.92 Å². The zero-order chi connectivity index (χ0) is 11.4. The number of benzene rings is 1. The molecule has 1 atom stereocenters. The van der Waals surface area contributed by atoms with Gasteiger partial charge in [-0.3, -0.25) is 0 Å². The second kappa shape index (κ2) is 5.92. The highest BCUT2D eigenvalue weighted by Gasteiger charge is 2.07. The number of hydrogen-bond donors (Lipinski definition) is 1. The summed E-state index contributed by atoms with van der Waals surface area (Å²) in [6.07, 6.45) is -0.413. The topological polar surface area (TPSA) is 20.2 Å². The fourth-order valence-corrected chi connectivity index (χ4v) is 2.95. The first kappa shape index (κ1) is 13.1. The van der Waals surface area contributed by atoms with Crippen molar-refractivity contribution in [3.63, 3.8) is 0 Å². The van der Waals surface area contributed by atoms with Gasteiger partial charge in [-0.15, -0.1) is 11.8 Å². The van der Waals surface area contributed by atoms with Crippen molar-refractivity contribution in [3.8, 4) is 0 Å². The number of thioether (sulfide) groups is 1. The van der Waals surface area contributed by atoms with Gasteiger partial charge < -0.3 is 5.11 Å². The Morgan fingerprint density at radius 2 is 2.00 bits per heavy atom. The van der Waals surface area contributed by atoms with Crippen molar-refractivity contribution in [2.75, 3.05) is 5.75 Å². The summed E-state index contributed by atoms with van der Waals surface area (Å²) in [5, 5.41) is 9.48. The highest BCUT2D eigenvalue weighted by Crippen LogP contribution is 2.29. The Hall–Kier alpha value is 0.01000. The van der Waals surface area contributed by atoms with E-state index in [0.29, 0.717) is 5.92 Å². The quantitative estimate of drug-likeness (QED) is 0.836. The third-order valence-corrected chi connectivity index (χ3v) is 4.11. The molecular weight excluding hydrogens is 272 g/mol. The van der Waals surface area contributed by atoms with Crippen LogP contribution in [-0.2, 0) is 0 Å². The third kappa shape index (κ3) is 4.17. The van der Waals surface area contributed by atoms with Gasteiger partial charge in [-0.25, -0.2) is 0 Å². The van der Waals surface area contributed by atoms with Crippen molar-refractivity contribution in [1.82, 2.24) is 0 Å². The minimum atomic E-state index is -0.413. The van der Waals surface area contributed by atoms with Crippen molar-refractivity contribution < 1.29 is 5.11 Å². The highest BCUT2D eigenvalue weighted by atomic mass is 79.9. The van der Waals surface area contributed by atoms with Crippen LogP contribution in [0.25, 0.3) is 0 Å². The van der Waals surface area contributed by atoms with E-state index >= 15 is 0 Å². The lowest BCUT2D eigenvalue weighted by molar-refractivity contribution is 0.198. The molecule has 0 spiro atoms. The molecule has 0 amide bonds. The Morgan fingerprint density at radius 1 is 1.33 bits per heavy atom. The molecule has 0 unspecified atom stereocenters. The van der Waals surface area contributed by atoms with Crippen LogP contribution < -0.4 is 0 Å². The average Bonchev–Trinajstić information content (AvgIpc) is 2.14. The Balaban J connectivity index is 2.73. The average molecular weight is 289 g/mol. The van der Waals surface area contributed by atoms with Crippen molar-refractivity contribution in [2.45, 2.75) is 31.8 Å². The molecule has 0 aliphatic rings. The van der Waals surface area contributed by atoms with Crippen LogP contribution in [0.1, 0.15) is 32.4 Å². The van der Waals surface area contributed by atoms with Gasteiger partial charge in [0.25, 0.3) is 0 Å². The Morgan fingerprint density at radius 3 is 2.47 bits per heavy atom. The number of rotatable bonds is 4. The summed E-state index contributed by atoms with van der Waals surface area (Å²) in [5.74, 6) is 1.82. The van der Waals surface area contributed by atoms with Gasteiger partial charge >= 0.3 is 0 Å². The maximum Gasteiger partial charge on any atom is 0.0772 e. The molecule has 0 aliphatic heterocycles. The third-order valence-electron chi connectivity index (χ3n) is 2.01. The van der Waals surface area contributed by atoms with Gasteiger partial charge in [0, 0.05) is 15.1 Å². The summed E-state index contributed by atoms with van der Waals surface area (Å²) in [4.78, 5) is 1.25. The Bertz CT molecular complexity index is 323. The van der Waals surface area contributed by atoms with Crippen molar-refractivity contribution in [3.05, 3.63) is 28.2 Å². The monoisotopic (exact) mass is 288 g/mol. The molecule has 1 aromatic rings. The molecule has 0 radical (unpaired) electrons. The van der Waals surface area contributed by atoms with Gasteiger partial charge in [0.1, 0.15) is 0 Å². The second-order valence-electron chi connectivity index (χ2n) is 4.06. The van der Waals surface area contributed by atoms with Gasteiger partial charge in [-0.2, -0.15) is 0 Å². The van der Waals surface area contributed by atoms with Crippen LogP contribution in [0.15, 0.2) is 27.6 Å². The van der Waals surface area contributed by atoms with Crippen LogP contribution in [-0.4, -0.2) is 10.9 Å². The predicted molar refractivity (Wildman–Crippen MR) is 70.3 cm³/mol. The van der Waals surface area contributed by atoms with Crippen LogP contribution in [0.4, 0.5) is 0 Å². The maximum absolute atomic E-state index is 9.48. The first-order valence-electron chi connectivity index (χ1n) is 5.11.